The van der Waals surface area contributed by atoms with Crippen molar-refractivity contribution in [3.8, 4) is 6.07 Å². The molecule has 0 spiro atoms. The van der Waals surface area contributed by atoms with Crippen LogP contribution in [0.2, 0.25) is 0 Å². The average Bonchev–Trinajstić information content (AvgIpc) is 2.92. The molecule has 1 heterocycles. The van der Waals surface area contributed by atoms with Crippen molar-refractivity contribution < 1.29 is 14.4 Å². The van der Waals surface area contributed by atoms with E-state index in [2.05, 4.69) is 12.1 Å². The van der Waals surface area contributed by atoms with Crippen LogP contribution >= 0.6 is 11.3 Å². The lowest BCUT2D eigenvalue weighted by atomic mass is 9.78. The fourth-order valence-electron chi connectivity index (χ4n) is 2.67. The molecular formula is C18H23N2O2S+. The molecular weight excluding hydrogens is 308 g/mol. The van der Waals surface area contributed by atoms with E-state index >= 15 is 0 Å². The molecule has 1 aromatic heterocycles. The molecule has 0 amide bonds. The van der Waals surface area contributed by atoms with Crippen LogP contribution in [0.25, 0.3) is 10.1 Å². The first-order valence-electron chi connectivity index (χ1n) is 7.80. The number of nitriles is 1. The highest BCUT2D eigenvalue weighted by Gasteiger charge is 2.44. The number of hydrogen-bond donors (Lipinski definition) is 1. The number of carbonyl (C=O) groups excluding carboxylic acids is 1. The van der Waals surface area contributed by atoms with Gasteiger partial charge in [0.15, 0.2) is 5.41 Å². The van der Waals surface area contributed by atoms with Crippen molar-refractivity contribution in [3.05, 3.63) is 34.7 Å². The van der Waals surface area contributed by atoms with Crippen molar-refractivity contribution >= 4 is 27.4 Å². The van der Waals surface area contributed by atoms with Crippen LogP contribution in [0, 0.1) is 18.3 Å². The molecule has 2 rings (SSSR count). The van der Waals surface area contributed by atoms with E-state index in [0.29, 0.717) is 6.42 Å². The summed E-state index contributed by atoms with van der Waals surface area (Å²) in [6, 6.07) is 8.43. The van der Waals surface area contributed by atoms with Gasteiger partial charge in [0.2, 0.25) is 0 Å². The van der Waals surface area contributed by atoms with Crippen molar-refractivity contribution in [2.45, 2.75) is 25.7 Å². The number of hydrogen-bond acceptors (Lipinski definition) is 4. The fourth-order valence-corrected chi connectivity index (χ4v) is 3.69. The largest absolute Gasteiger partial charge is 0.465 e. The zero-order chi connectivity index (χ0) is 17.0. The number of quaternary nitrogens is 1. The molecule has 0 aliphatic heterocycles. The Hall–Kier alpha value is -1.90. The molecule has 4 nitrogen and oxygen atoms in total. The molecule has 0 saturated carbocycles. The highest BCUT2D eigenvalue weighted by molar-refractivity contribution is 7.17. The van der Waals surface area contributed by atoms with E-state index in [1.54, 1.807) is 18.3 Å². The maximum Gasteiger partial charge on any atom is 0.331 e. The van der Waals surface area contributed by atoms with Crippen molar-refractivity contribution in [3.63, 3.8) is 0 Å². The predicted molar refractivity (Wildman–Crippen MR) is 92.8 cm³/mol. The smallest absolute Gasteiger partial charge is 0.331 e. The van der Waals surface area contributed by atoms with Gasteiger partial charge >= 0.3 is 5.97 Å². The molecule has 0 unspecified atom stereocenters. The van der Waals surface area contributed by atoms with Crippen LogP contribution in [0.1, 0.15) is 24.5 Å². The fraction of sp³-hybridized carbons (Fsp3) is 0.444. The molecule has 0 saturated heterocycles. The quantitative estimate of drug-likeness (QED) is 0.825. The zero-order valence-electron chi connectivity index (χ0n) is 14.1. The molecule has 5 heteroatoms. The van der Waals surface area contributed by atoms with Gasteiger partial charge in [-0.15, -0.1) is 11.3 Å². The Kier molecular flexibility index (Phi) is 5.40. The lowest BCUT2D eigenvalue weighted by Crippen LogP contribution is -3.05. The van der Waals surface area contributed by atoms with Crippen LogP contribution in [0.3, 0.4) is 0 Å². The lowest BCUT2D eigenvalue weighted by Gasteiger charge is -2.25. The zero-order valence-corrected chi connectivity index (χ0v) is 14.9. The molecule has 2 aromatic rings. The maximum absolute atomic E-state index is 12.7. The van der Waals surface area contributed by atoms with Crippen molar-refractivity contribution in [1.29, 1.82) is 5.26 Å². The minimum absolute atomic E-state index is 0.276. The number of esters is 1. The van der Waals surface area contributed by atoms with Gasteiger partial charge in [0.25, 0.3) is 0 Å². The Morgan fingerprint density at radius 2 is 2.17 bits per heavy atom. The monoisotopic (exact) mass is 331 g/mol. The number of rotatable bonds is 6. The van der Waals surface area contributed by atoms with Crippen molar-refractivity contribution in [2.24, 2.45) is 0 Å². The summed E-state index contributed by atoms with van der Waals surface area (Å²) in [5.41, 5.74) is 0.661. The molecule has 0 radical (unpaired) electrons. The van der Waals surface area contributed by atoms with Crippen LogP contribution in [-0.4, -0.2) is 33.2 Å². The van der Waals surface area contributed by atoms with Gasteiger partial charge in [0.1, 0.15) is 0 Å². The molecule has 23 heavy (non-hydrogen) atoms. The molecule has 0 aliphatic rings. The van der Waals surface area contributed by atoms with Crippen LogP contribution in [0.5, 0.6) is 0 Å². The number of nitrogens with zero attached hydrogens (tertiary/aromatic N) is 1. The number of benzene rings is 1. The van der Waals surface area contributed by atoms with E-state index in [-0.39, 0.29) is 6.61 Å². The number of thiophene rings is 1. The van der Waals surface area contributed by atoms with Crippen LogP contribution < -0.4 is 4.90 Å². The molecule has 1 aromatic carbocycles. The second-order valence-electron chi connectivity index (χ2n) is 6.09. The van der Waals surface area contributed by atoms with E-state index in [0.717, 1.165) is 27.8 Å². The number of nitrogens with one attached hydrogen (secondary N) is 1. The van der Waals surface area contributed by atoms with E-state index in [9.17, 15) is 10.1 Å². The van der Waals surface area contributed by atoms with Crippen molar-refractivity contribution in [2.75, 3.05) is 27.2 Å². The maximum atomic E-state index is 12.7. The van der Waals surface area contributed by atoms with E-state index in [1.807, 2.05) is 38.5 Å². The summed E-state index contributed by atoms with van der Waals surface area (Å²) in [5, 5.41) is 12.9. The van der Waals surface area contributed by atoms with Gasteiger partial charge in [0, 0.05) is 16.7 Å². The molecule has 0 fully saturated rings. The Morgan fingerprint density at radius 1 is 1.43 bits per heavy atom. The SMILES string of the molecule is CCOC(=O)[C@@](C#N)(CC[NH+](C)C)c1csc2ccc(C)cc12. The Labute approximate surface area is 141 Å². The van der Waals surface area contributed by atoms with Gasteiger partial charge in [-0.2, -0.15) is 5.26 Å². The molecule has 0 bridgehead atoms. The third kappa shape index (κ3) is 3.39. The number of aryl methyl sites for hydroxylation is 1. The predicted octanol–water partition coefficient (Wildman–Crippen LogP) is 2.07. The summed E-state index contributed by atoms with van der Waals surface area (Å²) in [6.07, 6.45) is 0.449. The van der Waals surface area contributed by atoms with E-state index < -0.39 is 11.4 Å². The van der Waals surface area contributed by atoms with Crippen molar-refractivity contribution in [1.82, 2.24) is 0 Å². The molecule has 1 N–H and O–H groups in total. The highest BCUT2D eigenvalue weighted by atomic mass is 32.1. The first-order valence-corrected chi connectivity index (χ1v) is 8.68. The number of ether oxygens (including phenoxy) is 1. The Morgan fingerprint density at radius 3 is 2.78 bits per heavy atom. The summed E-state index contributed by atoms with van der Waals surface area (Å²) in [4.78, 5) is 13.9. The number of carbonyl (C=O) groups is 1. The topological polar surface area (TPSA) is 54.5 Å². The van der Waals surface area contributed by atoms with Gasteiger partial charge < -0.3 is 9.64 Å². The normalized spacial score (nSPS) is 13.7. The summed E-state index contributed by atoms with van der Waals surface area (Å²) in [6.45, 7) is 4.78. The summed E-state index contributed by atoms with van der Waals surface area (Å²) in [5.74, 6) is -0.440. The highest BCUT2D eigenvalue weighted by Crippen LogP contribution is 2.38. The molecule has 0 aliphatic carbocycles. The van der Waals surface area contributed by atoms with E-state index in [4.69, 9.17) is 4.74 Å². The second kappa shape index (κ2) is 7.12. The third-order valence-corrected chi connectivity index (χ3v) is 4.97. The van der Waals surface area contributed by atoms with Gasteiger partial charge in [-0.25, -0.2) is 4.79 Å². The summed E-state index contributed by atoms with van der Waals surface area (Å²) in [7, 11) is 4.03. The molecule has 122 valence electrons. The minimum atomic E-state index is -1.24. The standard InChI is InChI=1S/C18H22N2O2S/c1-5-22-17(21)18(12-19,8-9-20(3)4)15-11-23-16-7-6-13(2)10-14(15)16/h6-7,10-11H,5,8-9H2,1-4H3/p+1/t18-/m1/s1. The van der Waals surface area contributed by atoms with E-state index in [1.165, 1.54) is 4.90 Å². The summed E-state index contributed by atoms with van der Waals surface area (Å²) >= 11 is 1.57. The van der Waals surface area contributed by atoms with Gasteiger partial charge in [-0.3, -0.25) is 0 Å². The van der Waals surface area contributed by atoms with Gasteiger partial charge in [-0.05, 0) is 30.7 Å². The first-order chi connectivity index (χ1) is 10.9. The van der Waals surface area contributed by atoms with Crippen LogP contribution in [-0.2, 0) is 14.9 Å². The first kappa shape index (κ1) is 17.5. The minimum Gasteiger partial charge on any atom is -0.465 e. The van der Waals surface area contributed by atoms with Crippen LogP contribution in [0.4, 0.5) is 0 Å². The summed E-state index contributed by atoms with van der Waals surface area (Å²) < 4.78 is 6.36. The van der Waals surface area contributed by atoms with Crippen LogP contribution in [0.15, 0.2) is 23.6 Å². The second-order valence-corrected chi connectivity index (χ2v) is 7.00. The van der Waals surface area contributed by atoms with Gasteiger partial charge in [-0.1, -0.05) is 17.7 Å². The third-order valence-electron chi connectivity index (χ3n) is 4.00. The Balaban J connectivity index is 2.61. The molecule has 1 atom stereocenters. The Bertz CT molecular complexity index is 745. The number of fused-ring (bicyclic) bond motifs is 1. The lowest BCUT2D eigenvalue weighted by molar-refractivity contribution is -0.858. The van der Waals surface area contributed by atoms with Gasteiger partial charge in [0.05, 0.1) is 33.3 Å². The average molecular weight is 331 g/mol.